The maximum absolute atomic E-state index is 12.1. The SMILES string of the molecule is NC(=O)c1ccccc1OCc1cc(=O)[nH][nH]c(C2=CC=CCC=C2)ncn1. The molecule has 8 nitrogen and oxygen atoms in total. The van der Waals surface area contributed by atoms with Gasteiger partial charge in [0.1, 0.15) is 18.7 Å². The molecule has 0 fully saturated rings. The standard InChI is InChI=1S/C20H19N5O3/c21-19(27)16-9-5-6-10-17(16)28-12-15-11-18(26)24-25-20(23-13-22-15)14-7-3-1-2-4-8-14/h1,3-11,13H,2,12H2,(H2,21,27)(H,24,26)(H,22,23,25). The fourth-order valence-corrected chi connectivity index (χ4v) is 2.45. The average Bonchev–Trinajstić information content (AvgIpc) is 2.93. The molecule has 28 heavy (non-hydrogen) atoms. The first-order valence-corrected chi connectivity index (χ1v) is 8.56. The number of aromatic nitrogens is 4. The maximum atomic E-state index is 12.1. The van der Waals surface area contributed by atoms with Crippen LogP contribution in [0.5, 0.6) is 5.75 Å². The molecule has 142 valence electrons. The predicted octanol–water partition coefficient (Wildman–Crippen LogP) is 2.19. The van der Waals surface area contributed by atoms with Crippen molar-refractivity contribution < 1.29 is 9.53 Å². The van der Waals surface area contributed by atoms with Crippen molar-refractivity contribution in [2.24, 2.45) is 5.73 Å². The molecule has 1 aliphatic carbocycles. The van der Waals surface area contributed by atoms with Gasteiger partial charge in [-0.1, -0.05) is 42.5 Å². The third-order valence-corrected chi connectivity index (χ3v) is 3.80. The summed E-state index contributed by atoms with van der Waals surface area (Å²) in [6, 6.07) is 7.87. The van der Waals surface area contributed by atoms with Gasteiger partial charge < -0.3 is 10.5 Å². The van der Waals surface area contributed by atoms with Gasteiger partial charge in [-0.2, -0.15) is 0 Å². The third-order valence-electron chi connectivity index (χ3n) is 3.80. The Morgan fingerprint density at radius 1 is 1.18 bits per heavy atom. The van der Waals surface area contributed by atoms with Crippen LogP contribution in [-0.4, -0.2) is 26.1 Å². The van der Waals surface area contributed by atoms with Crippen LogP contribution >= 0.6 is 0 Å². The van der Waals surface area contributed by atoms with Gasteiger partial charge in [0.15, 0.2) is 5.82 Å². The second-order valence-corrected chi connectivity index (χ2v) is 5.81. The van der Waals surface area contributed by atoms with Crippen LogP contribution in [0.3, 0.4) is 0 Å². The van der Waals surface area contributed by atoms with Gasteiger partial charge in [0.05, 0.1) is 11.3 Å². The van der Waals surface area contributed by atoms with Crippen molar-refractivity contribution in [3.8, 4) is 5.75 Å². The van der Waals surface area contributed by atoms with Crippen molar-refractivity contribution >= 4 is 11.5 Å². The number of benzene rings is 1. The summed E-state index contributed by atoms with van der Waals surface area (Å²) in [5, 5.41) is 5.33. The summed E-state index contributed by atoms with van der Waals surface area (Å²) in [6.07, 6.45) is 11.8. The number of nitrogens with zero attached hydrogens (tertiary/aromatic N) is 2. The molecular weight excluding hydrogens is 358 g/mol. The first-order chi connectivity index (χ1) is 13.6. The molecule has 1 aromatic carbocycles. The van der Waals surface area contributed by atoms with Gasteiger partial charge >= 0.3 is 0 Å². The number of hydrogen-bond donors (Lipinski definition) is 3. The number of hydrogen-bond acceptors (Lipinski definition) is 5. The quantitative estimate of drug-likeness (QED) is 0.736. The topological polar surface area (TPSA) is 127 Å². The first-order valence-electron chi connectivity index (χ1n) is 8.56. The second kappa shape index (κ2) is 9.13. The first kappa shape index (κ1) is 18.8. The van der Waals surface area contributed by atoms with Crippen LogP contribution < -0.4 is 16.0 Å². The maximum Gasteiger partial charge on any atom is 0.264 e. The number of H-pyrrole nitrogens is 2. The van der Waals surface area contributed by atoms with Crippen LogP contribution in [0.1, 0.15) is 28.3 Å². The smallest absolute Gasteiger partial charge is 0.264 e. The fraction of sp³-hybridized carbons (Fsp3) is 0.100. The number of allylic oxidation sites excluding steroid dienone is 6. The Labute approximate surface area is 160 Å². The van der Waals surface area contributed by atoms with Gasteiger partial charge in [-0.3, -0.25) is 19.8 Å². The molecule has 0 radical (unpaired) electrons. The normalized spacial score (nSPS) is 12.6. The van der Waals surface area contributed by atoms with Gasteiger partial charge in [-0.25, -0.2) is 9.97 Å². The Hall–Kier alpha value is -3.94. The van der Waals surface area contributed by atoms with Crippen LogP contribution in [0.15, 0.2) is 71.8 Å². The van der Waals surface area contributed by atoms with Gasteiger partial charge in [-0.05, 0) is 18.6 Å². The number of nitrogens with one attached hydrogen (secondary N) is 2. The molecule has 0 aliphatic heterocycles. The number of rotatable bonds is 5. The van der Waals surface area contributed by atoms with E-state index in [1.807, 2.05) is 30.4 Å². The predicted molar refractivity (Wildman–Crippen MR) is 105 cm³/mol. The zero-order valence-electron chi connectivity index (χ0n) is 15.0. The molecule has 3 rings (SSSR count). The summed E-state index contributed by atoms with van der Waals surface area (Å²) in [5.74, 6) is 0.168. The van der Waals surface area contributed by atoms with Gasteiger partial charge in [0.2, 0.25) is 0 Å². The molecule has 0 atom stereocenters. The van der Waals surface area contributed by atoms with E-state index in [1.54, 1.807) is 24.3 Å². The molecule has 0 unspecified atom stereocenters. The van der Waals surface area contributed by atoms with E-state index in [4.69, 9.17) is 10.5 Å². The van der Waals surface area contributed by atoms with E-state index in [-0.39, 0.29) is 12.2 Å². The van der Waals surface area contributed by atoms with Crippen LogP contribution in [0, 0.1) is 0 Å². The summed E-state index contributed by atoms with van der Waals surface area (Å²) in [5.41, 5.74) is 6.31. The number of aromatic amines is 2. The molecule has 0 saturated carbocycles. The molecule has 0 bridgehead atoms. The highest BCUT2D eigenvalue weighted by atomic mass is 16.5. The summed E-state index contributed by atoms with van der Waals surface area (Å²) < 4.78 is 5.62. The van der Waals surface area contributed by atoms with Crippen molar-refractivity contribution in [2.45, 2.75) is 13.0 Å². The minimum atomic E-state index is -0.600. The lowest BCUT2D eigenvalue weighted by atomic mass is 10.2. The molecule has 0 saturated heterocycles. The molecule has 1 amide bonds. The Morgan fingerprint density at radius 2 is 2.04 bits per heavy atom. The summed E-state index contributed by atoms with van der Waals surface area (Å²) in [6.45, 7) is -0.0373. The average molecular weight is 377 g/mol. The fourth-order valence-electron chi connectivity index (χ4n) is 2.45. The minimum Gasteiger partial charge on any atom is -0.486 e. The summed E-state index contributed by atoms with van der Waals surface area (Å²) in [4.78, 5) is 32.1. The summed E-state index contributed by atoms with van der Waals surface area (Å²) >= 11 is 0. The van der Waals surface area contributed by atoms with Crippen LogP contribution in [0.4, 0.5) is 0 Å². The lowest BCUT2D eigenvalue weighted by Gasteiger charge is -2.07. The number of nitrogens with two attached hydrogens (primary N) is 1. The van der Waals surface area contributed by atoms with Crippen molar-refractivity contribution in [1.29, 1.82) is 0 Å². The van der Waals surface area contributed by atoms with Crippen LogP contribution in [0.25, 0.3) is 5.57 Å². The van der Waals surface area contributed by atoms with Crippen molar-refractivity contribution in [1.82, 2.24) is 20.2 Å². The molecule has 8 heteroatoms. The highest BCUT2D eigenvalue weighted by Crippen LogP contribution is 2.18. The molecule has 1 aromatic heterocycles. The Balaban J connectivity index is 1.88. The Bertz CT molecular complexity index is 1060. The summed E-state index contributed by atoms with van der Waals surface area (Å²) in [7, 11) is 0. The van der Waals surface area contributed by atoms with Crippen molar-refractivity contribution in [2.75, 3.05) is 0 Å². The second-order valence-electron chi connectivity index (χ2n) is 5.81. The molecule has 0 spiro atoms. The molecule has 1 aliphatic rings. The van der Waals surface area contributed by atoms with E-state index in [2.05, 4.69) is 20.2 Å². The molecule has 4 N–H and O–H groups in total. The third kappa shape index (κ3) is 5.04. The molecule has 2 aromatic rings. The number of ether oxygens (including phenoxy) is 1. The Kier molecular flexibility index (Phi) is 6.14. The molecular formula is C20H19N5O3. The number of carbonyl (C=O) groups is 1. The van der Waals surface area contributed by atoms with E-state index in [0.29, 0.717) is 17.3 Å². The monoisotopic (exact) mass is 377 g/mol. The zero-order valence-corrected chi connectivity index (χ0v) is 15.0. The van der Waals surface area contributed by atoms with E-state index >= 15 is 0 Å². The van der Waals surface area contributed by atoms with Gasteiger partial charge in [0, 0.05) is 11.6 Å². The van der Waals surface area contributed by atoms with E-state index in [0.717, 1.165) is 12.0 Å². The number of primary amides is 1. The largest absolute Gasteiger partial charge is 0.486 e. The van der Waals surface area contributed by atoms with Crippen LogP contribution in [-0.2, 0) is 6.61 Å². The lowest BCUT2D eigenvalue weighted by molar-refractivity contribution is 0.0996. The van der Waals surface area contributed by atoms with Crippen molar-refractivity contribution in [3.05, 3.63) is 94.5 Å². The van der Waals surface area contributed by atoms with E-state index in [1.165, 1.54) is 12.4 Å². The highest BCUT2D eigenvalue weighted by molar-refractivity contribution is 5.95. The number of para-hydroxylation sites is 1. The Morgan fingerprint density at radius 3 is 2.89 bits per heavy atom. The zero-order chi connectivity index (χ0) is 19.8. The highest BCUT2D eigenvalue weighted by Gasteiger charge is 2.08. The number of carbonyl (C=O) groups excluding carboxylic acids is 1. The van der Waals surface area contributed by atoms with E-state index in [9.17, 15) is 9.59 Å². The van der Waals surface area contributed by atoms with Crippen LogP contribution in [0.2, 0.25) is 0 Å². The minimum absolute atomic E-state index is 0.0373. The van der Waals surface area contributed by atoms with E-state index < -0.39 is 11.5 Å². The number of amides is 1. The molecule has 1 heterocycles. The lowest BCUT2D eigenvalue weighted by Crippen LogP contribution is -2.13. The van der Waals surface area contributed by atoms with Gasteiger partial charge in [0.25, 0.3) is 11.5 Å². The van der Waals surface area contributed by atoms with Gasteiger partial charge in [-0.15, -0.1) is 0 Å². The van der Waals surface area contributed by atoms with Crippen molar-refractivity contribution in [3.63, 3.8) is 0 Å².